The minimum absolute atomic E-state index is 0.167. The second-order valence-electron chi connectivity index (χ2n) is 6.21. The van der Waals surface area contributed by atoms with Gasteiger partial charge in [-0.25, -0.2) is 0 Å². The van der Waals surface area contributed by atoms with Crippen molar-refractivity contribution in [2.45, 2.75) is 38.8 Å². The largest absolute Gasteiger partial charge is 0.489 e. The van der Waals surface area contributed by atoms with Crippen molar-refractivity contribution >= 4 is 5.69 Å². The summed E-state index contributed by atoms with van der Waals surface area (Å²) < 4.78 is 11.9. The Labute approximate surface area is 127 Å². The Balaban J connectivity index is 1.60. The molecule has 0 bridgehead atoms. The van der Waals surface area contributed by atoms with E-state index in [4.69, 9.17) is 9.47 Å². The molecule has 0 amide bonds. The molecule has 2 aliphatic heterocycles. The number of fused-ring (bicyclic) bond motifs is 1. The molecule has 0 spiro atoms. The van der Waals surface area contributed by atoms with Crippen molar-refractivity contribution in [1.29, 1.82) is 0 Å². The summed E-state index contributed by atoms with van der Waals surface area (Å²) in [6.45, 7) is 8.92. The molecule has 0 aliphatic carbocycles. The predicted molar refractivity (Wildman–Crippen MR) is 85.2 cm³/mol. The first-order chi connectivity index (χ1) is 10.2. The first-order valence-electron chi connectivity index (χ1n) is 8.08. The monoisotopic (exact) mass is 290 g/mol. The Morgan fingerprint density at radius 3 is 3.19 bits per heavy atom. The van der Waals surface area contributed by atoms with Crippen molar-refractivity contribution in [1.82, 2.24) is 4.90 Å². The molecule has 21 heavy (non-hydrogen) atoms. The molecule has 1 aromatic carbocycles. The van der Waals surface area contributed by atoms with Gasteiger partial charge in [-0.2, -0.15) is 0 Å². The van der Waals surface area contributed by atoms with E-state index in [-0.39, 0.29) is 6.10 Å². The van der Waals surface area contributed by atoms with Crippen molar-refractivity contribution in [2.75, 3.05) is 38.2 Å². The van der Waals surface area contributed by atoms with Crippen LogP contribution >= 0.6 is 0 Å². The Bertz CT molecular complexity index is 476. The number of hydrogen-bond donors (Lipinski definition) is 1. The van der Waals surface area contributed by atoms with Gasteiger partial charge in [0.05, 0.1) is 12.3 Å². The third kappa shape index (κ3) is 3.50. The summed E-state index contributed by atoms with van der Waals surface area (Å²) in [5, 5.41) is 3.47. The number of ether oxygens (including phenoxy) is 2. The van der Waals surface area contributed by atoms with Crippen LogP contribution in [-0.2, 0) is 11.2 Å². The standard InChI is InChI=1S/C17H26N2O2/c1-13(2)19-9-10-20-15(11-19)12-21-16-7-3-5-14-6-4-8-18-17(14)16/h3,5,7,13,15,18H,4,6,8-12H2,1-2H3/t15-/m0/s1. The lowest BCUT2D eigenvalue weighted by Gasteiger charge is -2.35. The molecule has 3 rings (SSSR count). The van der Waals surface area contributed by atoms with E-state index in [1.54, 1.807) is 0 Å². The molecule has 0 radical (unpaired) electrons. The maximum absolute atomic E-state index is 6.06. The van der Waals surface area contributed by atoms with Gasteiger partial charge in [-0.3, -0.25) is 4.90 Å². The van der Waals surface area contributed by atoms with Crippen molar-refractivity contribution < 1.29 is 9.47 Å². The zero-order chi connectivity index (χ0) is 14.7. The first-order valence-corrected chi connectivity index (χ1v) is 8.08. The van der Waals surface area contributed by atoms with Crippen molar-refractivity contribution in [3.8, 4) is 5.75 Å². The number of benzene rings is 1. The van der Waals surface area contributed by atoms with Gasteiger partial charge in [-0.05, 0) is 38.3 Å². The Kier molecular flexibility index (Phi) is 4.66. The molecule has 2 heterocycles. The third-order valence-corrected chi connectivity index (χ3v) is 4.36. The predicted octanol–water partition coefficient (Wildman–Crippen LogP) is 2.53. The number of hydrogen-bond acceptors (Lipinski definition) is 4. The van der Waals surface area contributed by atoms with Crippen LogP contribution in [0.15, 0.2) is 18.2 Å². The van der Waals surface area contributed by atoms with Crippen LogP contribution in [0.4, 0.5) is 5.69 Å². The molecule has 0 aromatic heterocycles. The molecule has 1 fully saturated rings. The second-order valence-corrected chi connectivity index (χ2v) is 6.21. The van der Waals surface area contributed by atoms with Gasteiger partial charge in [-0.1, -0.05) is 12.1 Å². The van der Waals surface area contributed by atoms with Crippen molar-refractivity contribution in [3.63, 3.8) is 0 Å². The highest BCUT2D eigenvalue weighted by Gasteiger charge is 2.23. The molecular formula is C17H26N2O2. The molecule has 0 unspecified atom stereocenters. The van der Waals surface area contributed by atoms with Gasteiger partial charge in [0.15, 0.2) is 0 Å². The number of para-hydroxylation sites is 1. The smallest absolute Gasteiger partial charge is 0.142 e. The Morgan fingerprint density at radius 2 is 2.33 bits per heavy atom. The zero-order valence-corrected chi connectivity index (χ0v) is 13.1. The second kappa shape index (κ2) is 6.67. The molecule has 0 saturated carbocycles. The minimum atomic E-state index is 0.167. The number of anilines is 1. The van der Waals surface area contributed by atoms with E-state index in [1.165, 1.54) is 17.7 Å². The fraction of sp³-hybridized carbons (Fsp3) is 0.647. The third-order valence-electron chi connectivity index (χ3n) is 4.36. The van der Waals surface area contributed by atoms with E-state index in [2.05, 4.69) is 42.3 Å². The Morgan fingerprint density at radius 1 is 1.43 bits per heavy atom. The van der Waals surface area contributed by atoms with Crippen LogP contribution in [-0.4, -0.2) is 49.9 Å². The molecule has 1 saturated heterocycles. The lowest BCUT2D eigenvalue weighted by atomic mass is 10.0. The van der Waals surface area contributed by atoms with Gasteiger partial charge in [0, 0.05) is 25.7 Å². The van der Waals surface area contributed by atoms with Crippen LogP contribution < -0.4 is 10.1 Å². The fourth-order valence-electron chi connectivity index (χ4n) is 3.09. The highest BCUT2D eigenvalue weighted by atomic mass is 16.5. The molecule has 1 aromatic rings. The molecule has 4 nitrogen and oxygen atoms in total. The normalized spacial score (nSPS) is 22.7. The van der Waals surface area contributed by atoms with E-state index in [1.807, 2.05) is 0 Å². The van der Waals surface area contributed by atoms with Crippen LogP contribution in [0.5, 0.6) is 5.75 Å². The number of rotatable bonds is 4. The number of nitrogens with one attached hydrogen (secondary N) is 1. The molecule has 4 heteroatoms. The highest BCUT2D eigenvalue weighted by Crippen LogP contribution is 2.32. The van der Waals surface area contributed by atoms with E-state index in [0.717, 1.165) is 38.4 Å². The topological polar surface area (TPSA) is 33.7 Å². The lowest BCUT2D eigenvalue weighted by Crippen LogP contribution is -2.47. The molecule has 116 valence electrons. The molecule has 1 N–H and O–H groups in total. The summed E-state index contributed by atoms with van der Waals surface area (Å²) in [6, 6.07) is 6.90. The fourth-order valence-corrected chi connectivity index (χ4v) is 3.09. The van der Waals surface area contributed by atoms with E-state index >= 15 is 0 Å². The SMILES string of the molecule is CC(C)N1CCO[C@H](COc2cccc3c2NCCC3)C1. The van der Waals surface area contributed by atoms with Gasteiger partial charge in [-0.15, -0.1) is 0 Å². The van der Waals surface area contributed by atoms with Gasteiger partial charge >= 0.3 is 0 Å². The average molecular weight is 290 g/mol. The van der Waals surface area contributed by atoms with E-state index < -0.39 is 0 Å². The summed E-state index contributed by atoms with van der Waals surface area (Å²) in [5.74, 6) is 0.970. The number of morpholine rings is 1. The van der Waals surface area contributed by atoms with Gasteiger partial charge in [0.25, 0.3) is 0 Å². The van der Waals surface area contributed by atoms with E-state index in [0.29, 0.717) is 12.6 Å². The molecule has 1 atom stereocenters. The summed E-state index contributed by atoms with van der Waals surface area (Å²) in [4.78, 5) is 2.45. The van der Waals surface area contributed by atoms with Gasteiger partial charge in [0.2, 0.25) is 0 Å². The summed E-state index contributed by atoms with van der Waals surface area (Å²) in [6.07, 6.45) is 2.51. The van der Waals surface area contributed by atoms with Crippen LogP contribution in [0.2, 0.25) is 0 Å². The quantitative estimate of drug-likeness (QED) is 0.924. The summed E-state index contributed by atoms with van der Waals surface area (Å²) in [7, 11) is 0. The maximum atomic E-state index is 6.06. The van der Waals surface area contributed by atoms with Gasteiger partial charge < -0.3 is 14.8 Å². The van der Waals surface area contributed by atoms with Gasteiger partial charge in [0.1, 0.15) is 18.5 Å². The first kappa shape index (κ1) is 14.7. The zero-order valence-electron chi connectivity index (χ0n) is 13.1. The summed E-state index contributed by atoms with van der Waals surface area (Å²) >= 11 is 0. The van der Waals surface area contributed by atoms with Crippen LogP contribution in [0, 0.1) is 0 Å². The van der Waals surface area contributed by atoms with Crippen LogP contribution in [0.3, 0.4) is 0 Å². The van der Waals surface area contributed by atoms with Crippen molar-refractivity contribution in [3.05, 3.63) is 23.8 Å². The molecule has 2 aliphatic rings. The average Bonchev–Trinajstić information content (AvgIpc) is 2.53. The number of nitrogens with zero attached hydrogens (tertiary/aromatic N) is 1. The number of aryl methyl sites for hydroxylation is 1. The highest BCUT2D eigenvalue weighted by molar-refractivity contribution is 5.63. The minimum Gasteiger partial charge on any atom is -0.489 e. The Hall–Kier alpha value is -1.26. The molecular weight excluding hydrogens is 264 g/mol. The maximum Gasteiger partial charge on any atom is 0.142 e. The van der Waals surface area contributed by atoms with Crippen molar-refractivity contribution in [2.24, 2.45) is 0 Å². The van der Waals surface area contributed by atoms with Crippen LogP contribution in [0.1, 0.15) is 25.8 Å². The lowest BCUT2D eigenvalue weighted by molar-refractivity contribution is -0.0563. The van der Waals surface area contributed by atoms with Crippen LogP contribution in [0.25, 0.3) is 0 Å². The van der Waals surface area contributed by atoms with E-state index in [9.17, 15) is 0 Å². The summed E-state index contributed by atoms with van der Waals surface area (Å²) in [5.41, 5.74) is 2.55.